The molecule has 2 rings (SSSR count). The molecule has 0 saturated heterocycles. The number of benzene rings is 1. The van der Waals surface area contributed by atoms with Gasteiger partial charge in [0.05, 0.1) is 11.1 Å². The standard InChI is InChI=1S/C18H18F3NO3/c1-11(23)16-9-15(25-12(16)2)7-8-17(24)22-10-13-3-5-14(6-4-13)18(19,20)21/h3-6,9H,7-8,10H2,1-2H3,(H,22,24). The average Bonchev–Trinajstić information content (AvgIpc) is 2.91. The number of rotatable bonds is 6. The molecule has 0 radical (unpaired) electrons. The van der Waals surface area contributed by atoms with Crippen LogP contribution in [0.15, 0.2) is 34.7 Å². The SMILES string of the molecule is CC(=O)c1cc(CCC(=O)NCc2ccc(C(F)(F)F)cc2)oc1C. The van der Waals surface area contributed by atoms with Gasteiger partial charge >= 0.3 is 6.18 Å². The first-order valence-corrected chi connectivity index (χ1v) is 7.70. The van der Waals surface area contributed by atoms with E-state index in [2.05, 4.69) is 5.32 Å². The van der Waals surface area contributed by atoms with Crippen molar-refractivity contribution in [3.05, 3.63) is 58.5 Å². The van der Waals surface area contributed by atoms with Crippen molar-refractivity contribution in [2.75, 3.05) is 0 Å². The smallest absolute Gasteiger partial charge is 0.416 e. The summed E-state index contributed by atoms with van der Waals surface area (Å²) < 4.78 is 42.9. The number of alkyl halides is 3. The van der Waals surface area contributed by atoms with Gasteiger partial charge in [-0.2, -0.15) is 13.2 Å². The fourth-order valence-electron chi connectivity index (χ4n) is 2.35. The van der Waals surface area contributed by atoms with Crippen LogP contribution in [0.25, 0.3) is 0 Å². The Kier molecular flexibility index (Phi) is 5.66. The van der Waals surface area contributed by atoms with E-state index >= 15 is 0 Å². The quantitative estimate of drug-likeness (QED) is 0.797. The number of ketones is 1. The Morgan fingerprint density at radius 3 is 2.32 bits per heavy atom. The second kappa shape index (κ2) is 7.55. The fraction of sp³-hybridized carbons (Fsp3) is 0.333. The van der Waals surface area contributed by atoms with Crippen LogP contribution in [0.2, 0.25) is 0 Å². The molecule has 0 aliphatic carbocycles. The zero-order chi connectivity index (χ0) is 18.6. The molecule has 1 heterocycles. The van der Waals surface area contributed by atoms with Gasteiger partial charge in [0.2, 0.25) is 5.91 Å². The van der Waals surface area contributed by atoms with Crippen LogP contribution in [0.3, 0.4) is 0 Å². The first-order valence-electron chi connectivity index (χ1n) is 7.70. The van der Waals surface area contributed by atoms with E-state index < -0.39 is 11.7 Å². The second-order valence-corrected chi connectivity index (χ2v) is 5.71. The molecular weight excluding hydrogens is 335 g/mol. The molecular formula is C18H18F3NO3. The molecule has 25 heavy (non-hydrogen) atoms. The molecule has 1 N–H and O–H groups in total. The number of halogens is 3. The maximum absolute atomic E-state index is 12.5. The minimum atomic E-state index is -4.37. The van der Waals surface area contributed by atoms with Crippen LogP contribution < -0.4 is 5.32 Å². The van der Waals surface area contributed by atoms with Gasteiger partial charge in [0, 0.05) is 19.4 Å². The fourth-order valence-corrected chi connectivity index (χ4v) is 2.35. The molecule has 0 aliphatic rings. The van der Waals surface area contributed by atoms with E-state index in [9.17, 15) is 22.8 Å². The maximum Gasteiger partial charge on any atom is 0.416 e. The van der Waals surface area contributed by atoms with Crippen molar-refractivity contribution in [2.24, 2.45) is 0 Å². The Bertz CT molecular complexity index is 761. The minimum Gasteiger partial charge on any atom is -0.466 e. The van der Waals surface area contributed by atoms with Crippen LogP contribution in [-0.2, 0) is 23.9 Å². The van der Waals surface area contributed by atoms with Gasteiger partial charge in [0.1, 0.15) is 11.5 Å². The van der Waals surface area contributed by atoms with Crippen molar-refractivity contribution in [1.29, 1.82) is 0 Å². The lowest BCUT2D eigenvalue weighted by molar-refractivity contribution is -0.137. The number of amides is 1. The van der Waals surface area contributed by atoms with Crippen molar-refractivity contribution in [2.45, 2.75) is 39.4 Å². The zero-order valence-electron chi connectivity index (χ0n) is 13.9. The van der Waals surface area contributed by atoms with Crippen molar-refractivity contribution in [3.8, 4) is 0 Å². The molecule has 1 aromatic heterocycles. The van der Waals surface area contributed by atoms with E-state index in [0.29, 0.717) is 29.1 Å². The molecule has 0 aliphatic heterocycles. The summed E-state index contributed by atoms with van der Waals surface area (Å²) in [6, 6.07) is 6.25. The summed E-state index contributed by atoms with van der Waals surface area (Å²) >= 11 is 0. The van der Waals surface area contributed by atoms with Crippen LogP contribution in [0.4, 0.5) is 13.2 Å². The van der Waals surface area contributed by atoms with Gasteiger partial charge < -0.3 is 9.73 Å². The van der Waals surface area contributed by atoms with Gasteiger partial charge in [0.15, 0.2) is 5.78 Å². The number of hydrogen-bond donors (Lipinski definition) is 1. The highest BCUT2D eigenvalue weighted by atomic mass is 19.4. The molecule has 0 bridgehead atoms. The third-order valence-electron chi connectivity index (χ3n) is 3.72. The Morgan fingerprint density at radius 2 is 1.80 bits per heavy atom. The van der Waals surface area contributed by atoms with Crippen molar-refractivity contribution >= 4 is 11.7 Å². The Morgan fingerprint density at radius 1 is 1.16 bits per heavy atom. The molecule has 0 unspecified atom stereocenters. The normalized spacial score (nSPS) is 11.4. The van der Waals surface area contributed by atoms with Crippen molar-refractivity contribution < 1.29 is 27.2 Å². The number of carbonyl (C=O) groups excluding carboxylic acids is 2. The molecule has 0 fully saturated rings. The highest BCUT2D eigenvalue weighted by Crippen LogP contribution is 2.29. The van der Waals surface area contributed by atoms with E-state index in [1.165, 1.54) is 19.1 Å². The van der Waals surface area contributed by atoms with Crippen LogP contribution in [0.5, 0.6) is 0 Å². The highest BCUT2D eigenvalue weighted by molar-refractivity contribution is 5.95. The third kappa shape index (κ3) is 5.20. The lowest BCUT2D eigenvalue weighted by atomic mass is 10.1. The molecule has 7 heteroatoms. The molecule has 4 nitrogen and oxygen atoms in total. The van der Waals surface area contributed by atoms with Gasteiger partial charge in [0.25, 0.3) is 0 Å². The predicted molar refractivity (Wildman–Crippen MR) is 85.1 cm³/mol. The van der Waals surface area contributed by atoms with Crippen LogP contribution in [0, 0.1) is 6.92 Å². The minimum absolute atomic E-state index is 0.0979. The molecule has 2 aromatic rings. The largest absolute Gasteiger partial charge is 0.466 e. The number of hydrogen-bond acceptors (Lipinski definition) is 3. The number of aryl methyl sites for hydroxylation is 2. The van der Waals surface area contributed by atoms with E-state index in [4.69, 9.17) is 4.42 Å². The first kappa shape index (κ1) is 18.8. The predicted octanol–water partition coefficient (Wildman–Crippen LogP) is 4.06. The summed E-state index contributed by atoms with van der Waals surface area (Å²) in [7, 11) is 0. The van der Waals surface area contributed by atoms with Crippen LogP contribution in [0.1, 0.15) is 46.3 Å². The molecule has 0 spiro atoms. The molecule has 0 saturated carbocycles. The lowest BCUT2D eigenvalue weighted by Crippen LogP contribution is -2.23. The van der Waals surface area contributed by atoms with E-state index in [1.807, 2.05) is 0 Å². The van der Waals surface area contributed by atoms with E-state index in [1.54, 1.807) is 13.0 Å². The Balaban J connectivity index is 1.83. The number of furan rings is 1. The topological polar surface area (TPSA) is 59.3 Å². The summed E-state index contributed by atoms with van der Waals surface area (Å²) in [5, 5.41) is 2.64. The van der Waals surface area contributed by atoms with Crippen LogP contribution >= 0.6 is 0 Å². The highest BCUT2D eigenvalue weighted by Gasteiger charge is 2.29. The molecule has 0 atom stereocenters. The Hall–Kier alpha value is -2.57. The number of carbonyl (C=O) groups is 2. The molecule has 134 valence electrons. The maximum atomic E-state index is 12.5. The summed E-state index contributed by atoms with van der Waals surface area (Å²) in [4.78, 5) is 23.2. The summed E-state index contributed by atoms with van der Waals surface area (Å²) in [5.74, 6) is 0.720. The van der Waals surface area contributed by atoms with Crippen molar-refractivity contribution in [3.63, 3.8) is 0 Å². The van der Waals surface area contributed by atoms with E-state index in [-0.39, 0.29) is 24.7 Å². The summed E-state index contributed by atoms with van der Waals surface area (Å²) in [6.45, 7) is 3.27. The second-order valence-electron chi connectivity index (χ2n) is 5.71. The van der Waals surface area contributed by atoms with Gasteiger partial charge in [-0.3, -0.25) is 9.59 Å². The molecule has 1 aromatic carbocycles. The zero-order valence-corrected chi connectivity index (χ0v) is 13.9. The first-order chi connectivity index (χ1) is 11.7. The lowest BCUT2D eigenvalue weighted by Gasteiger charge is -2.08. The third-order valence-corrected chi connectivity index (χ3v) is 3.72. The number of nitrogens with one attached hydrogen (secondary N) is 1. The van der Waals surface area contributed by atoms with Gasteiger partial charge in [-0.25, -0.2) is 0 Å². The van der Waals surface area contributed by atoms with Gasteiger partial charge in [-0.1, -0.05) is 12.1 Å². The monoisotopic (exact) mass is 353 g/mol. The summed E-state index contributed by atoms with van der Waals surface area (Å²) in [5.41, 5.74) is 0.353. The van der Waals surface area contributed by atoms with E-state index in [0.717, 1.165) is 12.1 Å². The molecule has 1 amide bonds. The van der Waals surface area contributed by atoms with Gasteiger partial charge in [-0.05, 0) is 37.6 Å². The van der Waals surface area contributed by atoms with Crippen LogP contribution in [-0.4, -0.2) is 11.7 Å². The van der Waals surface area contributed by atoms with Gasteiger partial charge in [-0.15, -0.1) is 0 Å². The van der Waals surface area contributed by atoms with Crippen molar-refractivity contribution in [1.82, 2.24) is 5.32 Å². The Labute approximate surface area is 143 Å². The number of Topliss-reactive ketones (excluding diaryl/α,β-unsaturated/α-hetero) is 1. The summed E-state index contributed by atoms with van der Waals surface area (Å²) in [6.07, 6.45) is -3.88. The average molecular weight is 353 g/mol.